The SMILES string of the molecule is COC1CCCCC1OCCOC(=O)OCCSSCCNC(=O)C(CCC(=O)NCCC(O)C(O)C(O)CO)NC(=O)C(CCC(=O)O)NC(=O)C(CCC(=O)NCC(O)C(O)C(O)C(O)CO)NC(=O)C(CCC(=O)O)NC(=O)CNC(=O)CCCNC(=O)c1ccc(NCc2cnc3nc(N)[nH]c(=O)c3n2)cc1. The molecular formula is C66H101N15O28S2. The second kappa shape index (κ2) is 51.3. The summed E-state index contributed by atoms with van der Waals surface area (Å²) in [7, 11) is 4.10. The summed E-state index contributed by atoms with van der Waals surface area (Å²) < 4.78 is 21.5. The smallest absolute Gasteiger partial charge is 0.481 e. The van der Waals surface area contributed by atoms with E-state index in [0.29, 0.717) is 11.4 Å². The van der Waals surface area contributed by atoms with E-state index in [0.717, 1.165) is 25.7 Å². The van der Waals surface area contributed by atoms with Crippen molar-refractivity contribution in [1.82, 2.24) is 67.8 Å². The lowest BCUT2D eigenvalue weighted by Crippen LogP contribution is -2.58. The Balaban J connectivity index is 1.43. The second-order valence-electron chi connectivity index (χ2n) is 25.2. The Morgan fingerprint density at radius 2 is 1.12 bits per heavy atom. The number of nitrogens with one attached hydrogen (secondary N) is 11. The van der Waals surface area contributed by atoms with Gasteiger partial charge in [0.25, 0.3) is 11.5 Å². The molecule has 0 aliphatic heterocycles. The van der Waals surface area contributed by atoms with Gasteiger partial charge in [-0.3, -0.25) is 62.5 Å². The van der Waals surface area contributed by atoms with Crippen molar-refractivity contribution in [3.8, 4) is 0 Å². The van der Waals surface area contributed by atoms with Crippen LogP contribution in [-0.2, 0) is 73.4 Å². The number of aliphatic carboxylic acids is 2. The predicted octanol–water partition coefficient (Wildman–Crippen LogP) is -6.48. The molecule has 13 unspecified atom stereocenters. The van der Waals surface area contributed by atoms with Crippen molar-refractivity contribution >= 4 is 116 Å². The van der Waals surface area contributed by atoms with E-state index in [4.69, 9.17) is 29.8 Å². The van der Waals surface area contributed by atoms with Crippen molar-refractivity contribution in [3.63, 3.8) is 0 Å². The van der Waals surface area contributed by atoms with Gasteiger partial charge >= 0.3 is 18.1 Å². The number of ether oxygens (including phenoxy) is 4. The molecule has 0 spiro atoms. The molecule has 2 aromatic heterocycles. The number of carbonyl (C=O) groups excluding carboxylic acids is 10. The van der Waals surface area contributed by atoms with Crippen LogP contribution in [-0.4, -0.2) is 311 Å². The van der Waals surface area contributed by atoms with Crippen LogP contribution >= 0.6 is 21.6 Å². The normalized spacial score (nSPS) is 16.3. The first-order valence-corrected chi connectivity index (χ1v) is 37.9. The van der Waals surface area contributed by atoms with Crippen molar-refractivity contribution in [3.05, 3.63) is 52.1 Å². The van der Waals surface area contributed by atoms with E-state index < -0.39 is 221 Å². The van der Waals surface area contributed by atoms with E-state index in [1.807, 2.05) is 0 Å². The number of rotatable bonds is 54. The molecule has 1 saturated carbocycles. The van der Waals surface area contributed by atoms with Crippen LogP contribution in [0.25, 0.3) is 11.2 Å². The molecule has 2 heterocycles. The maximum Gasteiger partial charge on any atom is 0.508 e. The van der Waals surface area contributed by atoms with Crippen LogP contribution in [0, 0.1) is 0 Å². The summed E-state index contributed by atoms with van der Waals surface area (Å²) in [6.07, 6.45) is -15.3. The van der Waals surface area contributed by atoms with Crippen LogP contribution in [0.5, 0.6) is 0 Å². The molecule has 4 rings (SSSR count). The van der Waals surface area contributed by atoms with Crippen molar-refractivity contribution < 1.29 is 133 Å². The van der Waals surface area contributed by atoms with Crippen molar-refractivity contribution in [2.24, 2.45) is 0 Å². The number of hydrogen-bond acceptors (Lipinski definition) is 33. The predicted molar refractivity (Wildman–Crippen MR) is 392 cm³/mol. The van der Waals surface area contributed by atoms with Gasteiger partial charge in [0.1, 0.15) is 67.9 Å². The van der Waals surface area contributed by atoms with Crippen molar-refractivity contribution in [2.45, 2.75) is 182 Å². The van der Waals surface area contributed by atoms with Crippen LogP contribution < -0.4 is 64.5 Å². The fourth-order valence-corrected chi connectivity index (χ4v) is 12.2. The van der Waals surface area contributed by atoms with E-state index in [2.05, 4.69) is 73.1 Å². The van der Waals surface area contributed by atoms with Crippen LogP contribution in [0.1, 0.15) is 112 Å². The quantitative estimate of drug-likeness (QED) is 0.0142. The Bertz CT molecular complexity index is 3560. The number of aliphatic hydroxyl groups excluding tert-OH is 9. The van der Waals surface area contributed by atoms with Gasteiger partial charge in [0, 0.05) is 88.1 Å². The number of nitrogens with zero attached hydrogens (tertiary/aromatic N) is 3. The van der Waals surface area contributed by atoms with E-state index in [1.54, 1.807) is 19.2 Å². The average molecular weight is 1620 g/mol. The third kappa shape index (κ3) is 36.2. The molecule has 1 aliphatic carbocycles. The topological polar surface area (TPSA) is 682 Å². The number of carboxylic acid groups (broad SMARTS) is 2. The third-order valence-corrected chi connectivity index (χ3v) is 19.1. The van der Waals surface area contributed by atoms with Gasteiger partial charge in [-0.15, -0.1) is 0 Å². The minimum Gasteiger partial charge on any atom is -0.481 e. The van der Waals surface area contributed by atoms with Gasteiger partial charge in [0.05, 0.1) is 69.2 Å². The molecule has 0 radical (unpaired) electrons. The molecule has 9 amide bonds. The lowest BCUT2D eigenvalue weighted by Gasteiger charge is -2.30. The van der Waals surface area contributed by atoms with Gasteiger partial charge in [0.2, 0.25) is 53.2 Å². The molecule has 13 atom stereocenters. The number of carboxylic acids is 2. The van der Waals surface area contributed by atoms with Gasteiger partial charge in [0.15, 0.2) is 11.2 Å². The summed E-state index contributed by atoms with van der Waals surface area (Å²) in [6.45, 7) is -3.74. The molecule has 111 heavy (non-hydrogen) atoms. The number of fused-ring (bicyclic) bond motifs is 1. The number of benzene rings is 1. The third-order valence-electron chi connectivity index (χ3n) is 16.7. The van der Waals surface area contributed by atoms with E-state index >= 15 is 0 Å². The maximum absolute atomic E-state index is 14.5. The highest BCUT2D eigenvalue weighted by molar-refractivity contribution is 8.76. The first-order valence-electron chi connectivity index (χ1n) is 35.5. The van der Waals surface area contributed by atoms with Gasteiger partial charge in [-0.2, -0.15) is 4.98 Å². The Morgan fingerprint density at radius 3 is 1.73 bits per heavy atom. The summed E-state index contributed by atoms with van der Waals surface area (Å²) in [5.41, 5.74) is 6.30. The largest absolute Gasteiger partial charge is 0.508 e. The number of aromatic amines is 1. The van der Waals surface area contributed by atoms with Gasteiger partial charge < -0.3 is 134 Å². The number of methoxy groups -OCH3 is 1. The lowest BCUT2D eigenvalue weighted by atomic mass is 9.94. The number of carbonyl (C=O) groups is 12. The average Bonchev–Trinajstić information content (AvgIpc) is 0.810. The molecule has 3 aromatic rings. The summed E-state index contributed by atoms with van der Waals surface area (Å²) in [4.78, 5) is 185. The molecular weight excluding hydrogens is 1510 g/mol. The molecule has 0 saturated heterocycles. The monoisotopic (exact) mass is 1620 g/mol. The number of H-pyrrole nitrogens is 1. The molecule has 24 N–H and O–H groups in total. The van der Waals surface area contributed by atoms with Gasteiger partial charge in [-0.25, -0.2) is 14.8 Å². The number of nitrogen functional groups attached to an aromatic ring is 1. The first kappa shape index (κ1) is 94.1. The van der Waals surface area contributed by atoms with Gasteiger partial charge in [-0.05, 0) is 75.6 Å². The Morgan fingerprint density at radius 1 is 0.568 bits per heavy atom. The number of nitrogens with two attached hydrogens (primary N) is 1. The minimum atomic E-state index is -2.13. The van der Waals surface area contributed by atoms with E-state index in [1.165, 1.54) is 39.9 Å². The molecule has 1 aliphatic rings. The fraction of sp³-hybridized carbons (Fsp3) is 0.636. The molecule has 0 bridgehead atoms. The Hall–Kier alpha value is -9.26. The molecule has 1 aromatic carbocycles. The first-order chi connectivity index (χ1) is 52.9. The van der Waals surface area contributed by atoms with E-state index in [9.17, 15) is 113 Å². The highest BCUT2D eigenvalue weighted by atomic mass is 33.1. The summed E-state index contributed by atoms with van der Waals surface area (Å²) >= 11 is 0. The summed E-state index contributed by atoms with van der Waals surface area (Å²) in [6, 6.07) is -1.13. The minimum absolute atomic E-state index is 0.00863. The summed E-state index contributed by atoms with van der Waals surface area (Å²) in [5, 5.41) is 133. The molecule has 1 fully saturated rings. The molecule has 43 nitrogen and oxygen atoms in total. The zero-order valence-electron chi connectivity index (χ0n) is 60.8. The number of amides is 9. The number of aromatic nitrogens is 4. The fourth-order valence-electron chi connectivity index (χ4n) is 10.5. The van der Waals surface area contributed by atoms with Crippen LogP contribution in [0.3, 0.4) is 0 Å². The highest BCUT2D eigenvalue weighted by Crippen LogP contribution is 2.24. The van der Waals surface area contributed by atoms with Crippen LogP contribution in [0.15, 0.2) is 35.3 Å². The number of anilines is 2. The summed E-state index contributed by atoms with van der Waals surface area (Å²) in [5.74, 6) is -11.5. The zero-order valence-corrected chi connectivity index (χ0v) is 62.4. The Labute approximate surface area is 643 Å². The standard InChI is InChI=1S/C66H101N15O28S2/c1-106-46-5-2-3-6-47(46)107-24-25-108-66(105)109-26-28-111-110-27-23-70-60(100)38(12-16-49(89)68-22-20-42(84)55(96)44(86)33-82)77-63(103)41(15-19-53(94)95)79-62(102)40(13-17-50(90)72-31-43(85)56(97)57(98)45(87)34-83)78-61(101)39(14-18-52(92)93)76-51(91)32-73-48(88)7-4-21-69-59(99)35-8-10-36(11-9-35)71-29-37-30-74-58-54(75-37)64(104)81-65(67)80-58/h8-11,30,38-47,55-57,71,82-87,96-98H,2-7,12-29,31-34H2,1H3,(H,68,89)(H,69,99)(H,70,100)(H,72,90)(H,73,88)(H,76,91)(H,77,103)(H,78,101)(H,79,102)(H,92,93)(H,94,95)(H3,67,74,80,81,104). The second-order valence-corrected chi connectivity index (χ2v) is 27.9. The molecule has 45 heteroatoms. The van der Waals surface area contributed by atoms with Gasteiger partial charge in [-0.1, -0.05) is 34.4 Å². The zero-order chi connectivity index (χ0) is 82.0. The van der Waals surface area contributed by atoms with Crippen LogP contribution in [0.4, 0.5) is 16.4 Å². The maximum atomic E-state index is 14.5. The van der Waals surface area contributed by atoms with Crippen molar-refractivity contribution in [2.75, 3.05) is 95.4 Å². The number of hydrogen-bond donors (Lipinski definition) is 23. The van der Waals surface area contributed by atoms with Crippen molar-refractivity contribution in [1.29, 1.82) is 0 Å². The number of aliphatic hydroxyl groups is 9. The molecule has 620 valence electrons. The highest BCUT2D eigenvalue weighted by Gasteiger charge is 2.35. The van der Waals surface area contributed by atoms with Crippen LogP contribution in [0.2, 0.25) is 0 Å². The lowest BCUT2D eigenvalue weighted by molar-refractivity contribution is -0.139. The Kier molecular flexibility index (Phi) is 43.5. The van der Waals surface area contributed by atoms with E-state index in [-0.39, 0.29) is 112 Å².